The van der Waals surface area contributed by atoms with E-state index in [1.807, 2.05) is 0 Å². The van der Waals surface area contributed by atoms with E-state index in [0.29, 0.717) is 18.9 Å². The first-order chi connectivity index (χ1) is 8.88. The minimum absolute atomic E-state index is 0.114. The molecule has 1 aliphatic rings. The van der Waals surface area contributed by atoms with E-state index in [9.17, 15) is 17.2 Å². The van der Waals surface area contributed by atoms with E-state index in [1.165, 1.54) is 0 Å². The lowest BCUT2D eigenvalue weighted by Crippen LogP contribution is -2.47. The molecule has 3 nitrogen and oxygen atoms in total. The fraction of sp³-hybridized carbons (Fsp3) is 0.500. The molecular formula is C12H14ClF2NO2S. The molecule has 0 radical (unpaired) electrons. The van der Waals surface area contributed by atoms with Crippen LogP contribution < -0.4 is 4.72 Å². The predicted molar refractivity (Wildman–Crippen MR) is 68.6 cm³/mol. The van der Waals surface area contributed by atoms with Gasteiger partial charge in [-0.2, -0.15) is 0 Å². The summed E-state index contributed by atoms with van der Waals surface area (Å²) in [5, 5.41) is 0. The molecule has 19 heavy (non-hydrogen) atoms. The minimum Gasteiger partial charge on any atom is -0.207 e. The van der Waals surface area contributed by atoms with Gasteiger partial charge >= 0.3 is 0 Å². The van der Waals surface area contributed by atoms with Crippen LogP contribution in [0.25, 0.3) is 0 Å². The lowest BCUT2D eigenvalue weighted by Gasteiger charge is -2.27. The lowest BCUT2D eigenvalue weighted by molar-refractivity contribution is 0.430. The summed E-state index contributed by atoms with van der Waals surface area (Å²) in [5.74, 6) is -1.66. The number of alkyl halides is 1. The van der Waals surface area contributed by atoms with Gasteiger partial charge in [0.2, 0.25) is 10.0 Å². The van der Waals surface area contributed by atoms with Crippen molar-refractivity contribution in [2.45, 2.75) is 36.1 Å². The highest BCUT2D eigenvalue weighted by molar-refractivity contribution is 7.89. The van der Waals surface area contributed by atoms with Crippen LogP contribution in [0.15, 0.2) is 23.1 Å². The maximum Gasteiger partial charge on any atom is 0.244 e. The van der Waals surface area contributed by atoms with Crippen LogP contribution in [0, 0.1) is 11.6 Å². The molecule has 0 bridgehead atoms. The summed E-state index contributed by atoms with van der Waals surface area (Å²) in [7, 11) is -4.12. The van der Waals surface area contributed by atoms with Crippen LogP contribution in [0.3, 0.4) is 0 Å². The smallest absolute Gasteiger partial charge is 0.207 e. The van der Waals surface area contributed by atoms with Gasteiger partial charge in [-0.25, -0.2) is 21.9 Å². The SMILES string of the molecule is O=S(=O)(NC1(CCl)CCCC1)c1cc(F)ccc1F. The zero-order valence-electron chi connectivity index (χ0n) is 10.1. The standard InChI is InChI=1S/C12H14ClF2NO2S/c13-8-12(5-1-2-6-12)16-19(17,18)11-7-9(14)3-4-10(11)15/h3-4,7,16H,1-2,5-6,8H2. The van der Waals surface area contributed by atoms with Gasteiger partial charge in [0, 0.05) is 11.4 Å². The van der Waals surface area contributed by atoms with E-state index in [-0.39, 0.29) is 5.88 Å². The molecule has 1 aromatic rings. The van der Waals surface area contributed by atoms with Gasteiger partial charge in [0.15, 0.2) is 0 Å². The second-order valence-corrected chi connectivity index (χ2v) is 6.72. The quantitative estimate of drug-likeness (QED) is 0.869. The highest BCUT2D eigenvalue weighted by atomic mass is 35.5. The number of nitrogens with one attached hydrogen (secondary N) is 1. The van der Waals surface area contributed by atoms with Crippen molar-refractivity contribution < 1.29 is 17.2 Å². The Morgan fingerprint density at radius 3 is 2.47 bits per heavy atom. The van der Waals surface area contributed by atoms with Gasteiger partial charge in [-0.15, -0.1) is 11.6 Å². The van der Waals surface area contributed by atoms with E-state index in [4.69, 9.17) is 11.6 Å². The molecule has 7 heteroatoms. The molecule has 0 atom stereocenters. The molecule has 0 saturated heterocycles. The molecule has 1 N–H and O–H groups in total. The average molecular weight is 310 g/mol. The van der Waals surface area contributed by atoms with Crippen LogP contribution in [0.4, 0.5) is 8.78 Å². The molecular weight excluding hydrogens is 296 g/mol. The number of hydrogen-bond donors (Lipinski definition) is 1. The number of benzene rings is 1. The number of hydrogen-bond acceptors (Lipinski definition) is 2. The van der Waals surface area contributed by atoms with E-state index >= 15 is 0 Å². The lowest BCUT2D eigenvalue weighted by atomic mass is 10.0. The van der Waals surface area contributed by atoms with Gasteiger partial charge in [0.05, 0.1) is 0 Å². The Morgan fingerprint density at radius 1 is 1.26 bits per heavy atom. The van der Waals surface area contributed by atoms with Crippen molar-refractivity contribution in [1.29, 1.82) is 0 Å². The molecule has 0 amide bonds. The Balaban J connectivity index is 2.34. The van der Waals surface area contributed by atoms with Crippen molar-refractivity contribution in [1.82, 2.24) is 4.72 Å². The zero-order valence-corrected chi connectivity index (χ0v) is 11.7. The molecule has 1 fully saturated rings. The van der Waals surface area contributed by atoms with Crippen molar-refractivity contribution in [3.63, 3.8) is 0 Å². The third kappa shape index (κ3) is 3.07. The van der Waals surface area contributed by atoms with Crippen molar-refractivity contribution >= 4 is 21.6 Å². The topological polar surface area (TPSA) is 46.2 Å². The van der Waals surface area contributed by atoms with E-state index in [0.717, 1.165) is 25.0 Å². The molecule has 0 heterocycles. The summed E-state index contributed by atoms with van der Waals surface area (Å²) in [5.41, 5.74) is -0.751. The van der Waals surface area contributed by atoms with Gasteiger partial charge in [-0.05, 0) is 31.0 Å². The second-order valence-electron chi connectivity index (χ2n) is 4.80. The van der Waals surface area contributed by atoms with Crippen LogP contribution in [-0.4, -0.2) is 19.8 Å². The number of halogens is 3. The predicted octanol–water partition coefficient (Wildman–Crippen LogP) is 2.79. The summed E-state index contributed by atoms with van der Waals surface area (Å²) < 4.78 is 53.4. The van der Waals surface area contributed by atoms with Crippen LogP contribution >= 0.6 is 11.6 Å². The third-order valence-electron chi connectivity index (χ3n) is 3.35. The largest absolute Gasteiger partial charge is 0.244 e. The van der Waals surface area contributed by atoms with E-state index < -0.39 is 32.1 Å². The molecule has 0 aromatic heterocycles. The Bertz CT molecular complexity index is 571. The Kier molecular flexibility index (Phi) is 4.13. The fourth-order valence-corrected chi connectivity index (χ4v) is 4.30. The molecule has 1 aromatic carbocycles. The molecule has 0 aliphatic heterocycles. The molecule has 1 saturated carbocycles. The highest BCUT2D eigenvalue weighted by Gasteiger charge is 2.38. The second kappa shape index (κ2) is 5.34. The Labute approximate surface area is 116 Å². The fourth-order valence-electron chi connectivity index (χ4n) is 2.34. The summed E-state index contributed by atoms with van der Waals surface area (Å²) in [6.07, 6.45) is 2.93. The summed E-state index contributed by atoms with van der Waals surface area (Å²) in [4.78, 5) is -0.677. The van der Waals surface area contributed by atoms with Crippen molar-refractivity contribution in [2.24, 2.45) is 0 Å². The molecule has 2 rings (SSSR count). The first kappa shape index (κ1) is 14.7. The normalized spacial score (nSPS) is 18.7. The van der Waals surface area contributed by atoms with Crippen LogP contribution in [0.1, 0.15) is 25.7 Å². The average Bonchev–Trinajstić information content (AvgIpc) is 2.80. The maximum atomic E-state index is 13.5. The number of rotatable bonds is 4. The minimum atomic E-state index is -4.12. The maximum absolute atomic E-state index is 13.5. The van der Waals surface area contributed by atoms with Gasteiger partial charge in [0.25, 0.3) is 0 Å². The monoisotopic (exact) mass is 309 g/mol. The molecule has 106 valence electrons. The number of sulfonamides is 1. The van der Waals surface area contributed by atoms with Gasteiger partial charge in [-0.1, -0.05) is 12.8 Å². The first-order valence-corrected chi connectivity index (χ1v) is 7.95. The Hall–Kier alpha value is -0.720. The summed E-state index contributed by atoms with van der Waals surface area (Å²) in [6.45, 7) is 0. The van der Waals surface area contributed by atoms with Crippen LogP contribution in [-0.2, 0) is 10.0 Å². The van der Waals surface area contributed by atoms with Crippen LogP contribution in [0.5, 0.6) is 0 Å². The van der Waals surface area contributed by atoms with Gasteiger partial charge in [0.1, 0.15) is 16.5 Å². The zero-order chi connectivity index (χ0) is 14.1. The first-order valence-electron chi connectivity index (χ1n) is 5.94. The van der Waals surface area contributed by atoms with Crippen molar-refractivity contribution in [3.8, 4) is 0 Å². The van der Waals surface area contributed by atoms with E-state index in [2.05, 4.69) is 4.72 Å². The van der Waals surface area contributed by atoms with Crippen LogP contribution in [0.2, 0.25) is 0 Å². The van der Waals surface area contributed by atoms with Crippen molar-refractivity contribution in [2.75, 3.05) is 5.88 Å². The third-order valence-corrected chi connectivity index (χ3v) is 5.46. The van der Waals surface area contributed by atoms with Gasteiger partial charge < -0.3 is 0 Å². The van der Waals surface area contributed by atoms with Gasteiger partial charge in [-0.3, -0.25) is 0 Å². The molecule has 0 unspecified atom stereocenters. The highest BCUT2D eigenvalue weighted by Crippen LogP contribution is 2.32. The molecule has 1 aliphatic carbocycles. The van der Waals surface area contributed by atoms with E-state index in [1.54, 1.807) is 0 Å². The summed E-state index contributed by atoms with van der Waals surface area (Å²) >= 11 is 5.83. The summed E-state index contributed by atoms with van der Waals surface area (Å²) in [6, 6.07) is 2.35. The molecule has 0 spiro atoms. The Morgan fingerprint density at radius 2 is 1.89 bits per heavy atom. The van der Waals surface area contributed by atoms with Crippen molar-refractivity contribution in [3.05, 3.63) is 29.8 Å².